The Kier molecular flexibility index (Phi) is 3.11. The third kappa shape index (κ3) is 1.98. The molecule has 2 heteroatoms. The molecule has 2 aromatic rings. The molecule has 2 aromatic carbocycles. The Morgan fingerprint density at radius 1 is 0.952 bits per heavy atom. The van der Waals surface area contributed by atoms with Gasteiger partial charge in [-0.05, 0) is 56.2 Å². The van der Waals surface area contributed by atoms with Crippen molar-refractivity contribution in [2.45, 2.75) is 45.6 Å². The Bertz CT molecular complexity index is 680. The number of anilines is 2. The summed E-state index contributed by atoms with van der Waals surface area (Å²) in [5.41, 5.74) is 5.09. The molecule has 0 saturated heterocycles. The van der Waals surface area contributed by atoms with E-state index < -0.39 is 0 Å². The molecule has 3 rings (SSSR count). The predicted octanol–water partition coefficient (Wildman–Crippen LogP) is 5.86. The van der Waals surface area contributed by atoms with Crippen LogP contribution in [-0.2, 0) is 5.41 Å². The van der Waals surface area contributed by atoms with Crippen LogP contribution in [-0.4, -0.2) is 5.54 Å². The number of aryl methyl sites for hydroxylation is 1. The summed E-state index contributed by atoms with van der Waals surface area (Å²) in [5.74, 6) is 0. The average molecular weight is 300 g/mol. The van der Waals surface area contributed by atoms with Gasteiger partial charge in [-0.2, -0.15) is 0 Å². The first-order valence-electron chi connectivity index (χ1n) is 7.42. The van der Waals surface area contributed by atoms with Crippen LogP contribution in [0.4, 0.5) is 11.4 Å². The zero-order chi connectivity index (χ0) is 15.4. The van der Waals surface area contributed by atoms with Gasteiger partial charge in [0.25, 0.3) is 0 Å². The third-order valence-electron chi connectivity index (χ3n) is 5.19. The summed E-state index contributed by atoms with van der Waals surface area (Å²) in [6, 6.07) is 15.0. The van der Waals surface area contributed by atoms with Crippen LogP contribution in [0.1, 0.15) is 38.8 Å². The van der Waals surface area contributed by atoms with Crippen molar-refractivity contribution in [1.29, 1.82) is 0 Å². The van der Waals surface area contributed by atoms with Gasteiger partial charge in [0.05, 0.1) is 0 Å². The normalized spacial score (nSPS) is 18.7. The van der Waals surface area contributed by atoms with Gasteiger partial charge in [0.15, 0.2) is 0 Å². The van der Waals surface area contributed by atoms with Gasteiger partial charge in [0, 0.05) is 27.4 Å². The maximum absolute atomic E-state index is 6.29. The van der Waals surface area contributed by atoms with Crippen molar-refractivity contribution in [3.05, 3.63) is 58.6 Å². The van der Waals surface area contributed by atoms with Crippen molar-refractivity contribution in [3.8, 4) is 0 Å². The molecule has 1 heterocycles. The first-order valence-corrected chi connectivity index (χ1v) is 7.80. The zero-order valence-electron chi connectivity index (χ0n) is 13.4. The average Bonchev–Trinajstić information content (AvgIpc) is 2.52. The van der Waals surface area contributed by atoms with E-state index in [1.54, 1.807) is 0 Å². The van der Waals surface area contributed by atoms with Crippen molar-refractivity contribution in [3.63, 3.8) is 0 Å². The van der Waals surface area contributed by atoms with E-state index in [1.165, 1.54) is 22.5 Å². The minimum atomic E-state index is -0.0200. The van der Waals surface area contributed by atoms with Crippen LogP contribution in [0.5, 0.6) is 0 Å². The van der Waals surface area contributed by atoms with Gasteiger partial charge in [-0.3, -0.25) is 0 Å². The summed E-state index contributed by atoms with van der Waals surface area (Å²) in [6.45, 7) is 11.4. The quantitative estimate of drug-likeness (QED) is 0.638. The molecule has 0 aliphatic carbocycles. The number of halogens is 1. The molecule has 21 heavy (non-hydrogen) atoms. The molecule has 0 N–H and O–H groups in total. The van der Waals surface area contributed by atoms with Crippen LogP contribution in [0.3, 0.4) is 0 Å². The number of para-hydroxylation sites is 1. The maximum Gasteiger partial charge on any atom is 0.0487 e. The molecule has 0 unspecified atom stereocenters. The van der Waals surface area contributed by atoms with Gasteiger partial charge in [-0.15, -0.1) is 0 Å². The number of fused-ring (bicyclic) bond motifs is 1. The van der Waals surface area contributed by atoms with Gasteiger partial charge in [-0.25, -0.2) is 0 Å². The second-order valence-electron chi connectivity index (χ2n) is 7.02. The van der Waals surface area contributed by atoms with E-state index in [0.29, 0.717) is 0 Å². The highest BCUT2D eigenvalue weighted by atomic mass is 35.5. The SMILES string of the molecule is Cc1cc(Cl)cc(N2c3ccccc3C(C)(C)C2(C)C)c1. The molecule has 0 radical (unpaired) electrons. The van der Waals surface area contributed by atoms with Gasteiger partial charge in [0.2, 0.25) is 0 Å². The molecule has 1 nitrogen and oxygen atoms in total. The monoisotopic (exact) mass is 299 g/mol. The fourth-order valence-corrected chi connectivity index (χ4v) is 3.70. The summed E-state index contributed by atoms with van der Waals surface area (Å²) in [7, 11) is 0. The maximum atomic E-state index is 6.29. The molecule has 0 atom stereocenters. The third-order valence-corrected chi connectivity index (χ3v) is 5.41. The Balaban J connectivity index is 2.27. The molecular weight excluding hydrogens is 278 g/mol. The number of nitrogens with zero attached hydrogens (tertiary/aromatic N) is 1. The zero-order valence-corrected chi connectivity index (χ0v) is 14.1. The number of hydrogen-bond acceptors (Lipinski definition) is 1. The number of rotatable bonds is 1. The molecular formula is C19H22ClN. The van der Waals surface area contributed by atoms with Crippen molar-refractivity contribution in [2.24, 2.45) is 0 Å². The summed E-state index contributed by atoms with van der Waals surface area (Å²) in [4.78, 5) is 2.43. The topological polar surface area (TPSA) is 3.24 Å². The standard InChI is InChI=1S/C19H22ClN/c1-13-10-14(20)12-15(11-13)21-17-9-7-6-8-16(17)18(2,3)19(21,4)5/h6-12H,1-5H3. The molecule has 1 aliphatic rings. The molecule has 0 saturated carbocycles. The summed E-state index contributed by atoms with van der Waals surface area (Å²) in [6.07, 6.45) is 0. The lowest BCUT2D eigenvalue weighted by atomic mass is 9.72. The van der Waals surface area contributed by atoms with Gasteiger partial charge >= 0.3 is 0 Å². The lowest BCUT2D eigenvalue weighted by molar-refractivity contribution is 0.330. The van der Waals surface area contributed by atoms with Crippen LogP contribution in [0, 0.1) is 6.92 Å². The van der Waals surface area contributed by atoms with E-state index in [1.807, 2.05) is 6.07 Å². The van der Waals surface area contributed by atoms with Crippen LogP contribution >= 0.6 is 11.6 Å². The number of hydrogen-bond donors (Lipinski definition) is 0. The smallest absolute Gasteiger partial charge is 0.0487 e. The van der Waals surface area contributed by atoms with Crippen LogP contribution in [0.25, 0.3) is 0 Å². The lowest BCUT2D eigenvalue weighted by Crippen LogP contribution is -2.48. The highest BCUT2D eigenvalue weighted by Gasteiger charge is 2.51. The molecule has 0 amide bonds. The predicted molar refractivity (Wildman–Crippen MR) is 91.9 cm³/mol. The first-order chi connectivity index (χ1) is 9.75. The van der Waals surface area contributed by atoms with Crippen molar-refractivity contribution in [1.82, 2.24) is 0 Å². The van der Waals surface area contributed by atoms with E-state index in [9.17, 15) is 0 Å². The van der Waals surface area contributed by atoms with Gasteiger partial charge in [0.1, 0.15) is 0 Å². The van der Waals surface area contributed by atoms with Crippen molar-refractivity contribution >= 4 is 23.0 Å². The number of benzene rings is 2. The van der Waals surface area contributed by atoms with E-state index in [-0.39, 0.29) is 11.0 Å². The summed E-state index contributed by atoms with van der Waals surface area (Å²) in [5, 5.41) is 0.794. The van der Waals surface area contributed by atoms with E-state index in [0.717, 1.165) is 5.02 Å². The van der Waals surface area contributed by atoms with Crippen LogP contribution < -0.4 is 4.90 Å². The van der Waals surface area contributed by atoms with Crippen molar-refractivity contribution in [2.75, 3.05) is 4.90 Å². The highest BCUT2D eigenvalue weighted by molar-refractivity contribution is 6.31. The van der Waals surface area contributed by atoms with E-state index >= 15 is 0 Å². The minimum absolute atomic E-state index is 0.0200. The van der Waals surface area contributed by atoms with Gasteiger partial charge < -0.3 is 4.90 Å². The first kappa shape index (κ1) is 14.5. The lowest BCUT2D eigenvalue weighted by Gasteiger charge is -2.42. The second-order valence-corrected chi connectivity index (χ2v) is 7.46. The Hall–Kier alpha value is -1.47. The highest BCUT2D eigenvalue weighted by Crippen LogP contribution is 2.54. The van der Waals surface area contributed by atoms with Gasteiger partial charge in [-0.1, -0.05) is 43.6 Å². The molecule has 0 aromatic heterocycles. The van der Waals surface area contributed by atoms with Crippen molar-refractivity contribution < 1.29 is 0 Å². The summed E-state index contributed by atoms with van der Waals surface area (Å²) < 4.78 is 0. The molecule has 110 valence electrons. The molecule has 1 aliphatic heterocycles. The fraction of sp³-hybridized carbons (Fsp3) is 0.368. The van der Waals surface area contributed by atoms with Crippen LogP contribution in [0.2, 0.25) is 5.02 Å². The summed E-state index contributed by atoms with van der Waals surface area (Å²) >= 11 is 6.29. The van der Waals surface area contributed by atoms with E-state index in [4.69, 9.17) is 11.6 Å². The molecule has 0 fully saturated rings. The second kappa shape index (κ2) is 4.51. The molecule has 0 bridgehead atoms. The largest absolute Gasteiger partial charge is 0.335 e. The Morgan fingerprint density at radius 2 is 1.62 bits per heavy atom. The van der Waals surface area contributed by atoms with Crippen LogP contribution in [0.15, 0.2) is 42.5 Å². The Labute approximate surface area is 132 Å². The molecule has 0 spiro atoms. The minimum Gasteiger partial charge on any atom is -0.335 e. The van der Waals surface area contributed by atoms with E-state index in [2.05, 4.69) is 75.9 Å². The fourth-order valence-electron chi connectivity index (χ4n) is 3.42. The Morgan fingerprint density at radius 3 is 2.29 bits per heavy atom.